The maximum atomic E-state index is 12.1. The minimum Gasteiger partial charge on any atom is -0.465 e. The standard InChI is InChI=1S/C24H48O2S/c1-3-5-7-8-9-10-11-12-13-14-15-16-17-18-19-23(20-22-27)24(25)26-21-6-4-2/h23,27H,3-22H2,1-2H3. The Bertz CT molecular complexity index is 307. The quantitative estimate of drug-likeness (QED) is 0.119. The Balaban J connectivity index is 3.45. The lowest BCUT2D eigenvalue weighted by Crippen LogP contribution is -2.19. The van der Waals surface area contributed by atoms with Crippen LogP contribution < -0.4 is 0 Å². The maximum Gasteiger partial charge on any atom is 0.308 e. The van der Waals surface area contributed by atoms with Crippen molar-refractivity contribution in [3.8, 4) is 0 Å². The van der Waals surface area contributed by atoms with E-state index >= 15 is 0 Å². The van der Waals surface area contributed by atoms with Gasteiger partial charge in [0.25, 0.3) is 0 Å². The molecule has 0 spiro atoms. The Morgan fingerprint density at radius 1 is 0.667 bits per heavy atom. The monoisotopic (exact) mass is 400 g/mol. The minimum atomic E-state index is 0.00666. The zero-order valence-electron chi connectivity index (χ0n) is 18.5. The van der Waals surface area contributed by atoms with Crippen LogP contribution >= 0.6 is 12.6 Å². The van der Waals surface area contributed by atoms with Gasteiger partial charge in [0.05, 0.1) is 12.5 Å². The molecular formula is C24H48O2S. The second-order valence-electron chi connectivity index (χ2n) is 8.12. The van der Waals surface area contributed by atoms with E-state index in [-0.39, 0.29) is 11.9 Å². The summed E-state index contributed by atoms with van der Waals surface area (Å²) in [6.07, 6.45) is 23.1. The van der Waals surface area contributed by atoms with Gasteiger partial charge in [0, 0.05) is 0 Å². The number of hydrogen-bond acceptors (Lipinski definition) is 3. The van der Waals surface area contributed by atoms with Crippen molar-refractivity contribution in [3.63, 3.8) is 0 Å². The van der Waals surface area contributed by atoms with Crippen molar-refractivity contribution < 1.29 is 9.53 Å². The van der Waals surface area contributed by atoms with Gasteiger partial charge in [0.15, 0.2) is 0 Å². The molecule has 27 heavy (non-hydrogen) atoms. The Morgan fingerprint density at radius 3 is 1.56 bits per heavy atom. The maximum absolute atomic E-state index is 12.1. The van der Waals surface area contributed by atoms with Gasteiger partial charge in [-0.15, -0.1) is 0 Å². The van der Waals surface area contributed by atoms with Gasteiger partial charge < -0.3 is 4.74 Å². The van der Waals surface area contributed by atoms with Gasteiger partial charge in [-0.25, -0.2) is 0 Å². The van der Waals surface area contributed by atoms with E-state index in [0.717, 1.165) is 37.9 Å². The van der Waals surface area contributed by atoms with E-state index in [2.05, 4.69) is 26.5 Å². The molecule has 0 heterocycles. The smallest absolute Gasteiger partial charge is 0.308 e. The van der Waals surface area contributed by atoms with Crippen LogP contribution in [0.5, 0.6) is 0 Å². The molecule has 0 rings (SSSR count). The summed E-state index contributed by atoms with van der Waals surface area (Å²) in [7, 11) is 0. The van der Waals surface area contributed by atoms with Crippen molar-refractivity contribution in [2.24, 2.45) is 5.92 Å². The van der Waals surface area contributed by atoms with Crippen LogP contribution in [0, 0.1) is 5.92 Å². The van der Waals surface area contributed by atoms with Crippen molar-refractivity contribution in [2.75, 3.05) is 12.4 Å². The number of hydrogen-bond donors (Lipinski definition) is 1. The highest BCUT2D eigenvalue weighted by Crippen LogP contribution is 2.18. The first-order chi connectivity index (χ1) is 13.3. The van der Waals surface area contributed by atoms with Crippen molar-refractivity contribution in [1.82, 2.24) is 0 Å². The van der Waals surface area contributed by atoms with Gasteiger partial charge in [0.1, 0.15) is 0 Å². The summed E-state index contributed by atoms with van der Waals surface area (Å²) in [5, 5.41) is 0. The average molecular weight is 401 g/mol. The number of esters is 1. The van der Waals surface area contributed by atoms with E-state index in [0.29, 0.717) is 6.61 Å². The lowest BCUT2D eigenvalue weighted by molar-refractivity contribution is -0.149. The van der Waals surface area contributed by atoms with E-state index in [1.165, 1.54) is 83.5 Å². The molecule has 0 amide bonds. The van der Waals surface area contributed by atoms with Crippen molar-refractivity contribution in [1.29, 1.82) is 0 Å². The Morgan fingerprint density at radius 2 is 1.11 bits per heavy atom. The fraction of sp³-hybridized carbons (Fsp3) is 0.958. The lowest BCUT2D eigenvalue weighted by Gasteiger charge is -2.15. The SMILES string of the molecule is CCCCCCCCCCCCCCCCC(CCS)C(=O)OCCCC. The van der Waals surface area contributed by atoms with E-state index in [1.54, 1.807) is 0 Å². The molecule has 1 atom stereocenters. The van der Waals surface area contributed by atoms with Crippen molar-refractivity contribution in [2.45, 2.75) is 129 Å². The topological polar surface area (TPSA) is 26.3 Å². The minimum absolute atomic E-state index is 0.00666. The second-order valence-corrected chi connectivity index (χ2v) is 8.56. The molecule has 0 N–H and O–H groups in total. The third-order valence-electron chi connectivity index (χ3n) is 5.46. The summed E-state index contributed by atoms with van der Waals surface area (Å²) in [6, 6.07) is 0. The molecule has 0 fully saturated rings. The van der Waals surface area contributed by atoms with Crippen LogP contribution in [0.2, 0.25) is 0 Å². The molecule has 0 saturated carbocycles. The highest BCUT2D eigenvalue weighted by Gasteiger charge is 2.18. The number of rotatable bonds is 21. The fourth-order valence-electron chi connectivity index (χ4n) is 3.56. The van der Waals surface area contributed by atoms with Crippen LogP contribution in [0.3, 0.4) is 0 Å². The molecule has 0 aromatic heterocycles. The van der Waals surface area contributed by atoms with Gasteiger partial charge in [0.2, 0.25) is 0 Å². The second kappa shape index (κ2) is 22.1. The van der Waals surface area contributed by atoms with Gasteiger partial charge in [-0.05, 0) is 25.0 Å². The zero-order valence-corrected chi connectivity index (χ0v) is 19.4. The van der Waals surface area contributed by atoms with Gasteiger partial charge in [-0.1, -0.05) is 110 Å². The highest BCUT2D eigenvalue weighted by atomic mass is 32.1. The predicted molar refractivity (Wildman–Crippen MR) is 123 cm³/mol. The number of carbonyl (C=O) groups excluding carboxylic acids is 1. The molecule has 2 nitrogen and oxygen atoms in total. The fourth-order valence-corrected chi connectivity index (χ4v) is 3.87. The largest absolute Gasteiger partial charge is 0.465 e. The molecule has 0 aliphatic heterocycles. The van der Waals surface area contributed by atoms with Crippen LogP contribution in [0.25, 0.3) is 0 Å². The molecule has 0 radical (unpaired) electrons. The summed E-state index contributed by atoms with van der Waals surface area (Å²) in [5.74, 6) is 0.843. The number of thiol groups is 1. The van der Waals surface area contributed by atoms with Gasteiger partial charge >= 0.3 is 5.97 Å². The van der Waals surface area contributed by atoms with E-state index < -0.39 is 0 Å². The molecule has 0 aromatic rings. The Labute approximate surface area is 176 Å². The molecule has 0 aliphatic carbocycles. The third kappa shape index (κ3) is 18.9. The van der Waals surface area contributed by atoms with Gasteiger partial charge in [-0.2, -0.15) is 12.6 Å². The first kappa shape index (κ1) is 26.8. The summed E-state index contributed by atoms with van der Waals surface area (Å²) in [4.78, 5) is 12.1. The molecule has 3 heteroatoms. The normalized spacial score (nSPS) is 12.3. The molecule has 0 saturated heterocycles. The van der Waals surface area contributed by atoms with Crippen LogP contribution in [0.15, 0.2) is 0 Å². The summed E-state index contributed by atoms with van der Waals surface area (Å²) >= 11 is 4.30. The molecule has 162 valence electrons. The molecule has 1 unspecified atom stereocenters. The number of carbonyl (C=O) groups is 1. The van der Waals surface area contributed by atoms with E-state index in [4.69, 9.17) is 4.74 Å². The zero-order chi connectivity index (χ0) is 20.0. The van der Waals surface area contributed by atoms with Crippen LogP contribution in [-0.4, -0.2) is 18.3 Å². The number of unbranched alkanes of at least 4 members (excludes halogenated alkanes) is 14. The predicted octanol–water partition coefficient (Wildman–Crippen LogP) is 8.14. The van der Waals surface area contributed by atoms with Gasteiger partial charge in [-0.3, -0.25) is 4.79 Å². The summed E-state index contributed by atoms with van der Waals surface area (Å²) in [5.41, 5.74) is 0. The van der Waals surface area contributed by atoms with E-state index in [9.17, 15) is 4.79 Å². The van der Waals surface area contributed by atoms with E-state index in [1.807, 2.05) is 0 Å². The summed E-state index contributed by atoms with van der Waals surface area (Å²) < 4.78 is 5.39. The van der Waals surface area contributed by atoms with Crippen LogP contribution in [0.1, 0.15) is 129 Å². The first-order valence-electron chi connectivity index (χ1n) is 12.0. The molecule has 0 aliphatic rings. The first-order valence-corrected chi connectivity index (χ1v) is 12.7. The highest BCUT2D eigenvalue weighted by molar-refractivity contribution is 7.80. The Hall–Kier alpha value is -0.180. The molecular weight excluding hydrogens is 352 g/mol. The van der Waals surface area contributed by atoms with Crippen molar-refractivity contribution in [3.05, 3.63) is 0 Å². The third-order valence-corrected chi connectivity index (χ3v) is 5.72. The summed E-state index contributed by atoms with van der Waals surface area (Å²) in [6.45, 7) is 4.98. The molecule has 0 bridgehead atoms. The van der Waals surface area contributed by atoms with Crippen LogP contribution in [0.4, 0.5) is 0 Å². The average Bonchev–Trinajstić information content (AvgIpc) is 2.67. The number of ether oxygens (including phenoxy) is 1. The Kier molecular flexibility index (Phi) is 22.0. The van der Waals surface area contributed by atoms with Crippen LogP contribution in [-0.2, 0) is 9.53 Å². The molecule has 0 aromatic carbocycles. The lowest BCUT2D eigenvalue weighted by atomic mass is 9.97. The van der Waals surface area contributed by atoms with Crippen molar-refractivity contribution >= 4 is 18.6 Å².